The highest BCUT2D eigenvalue weighted by Gasteiger charge is 2.21. The molecule has 0 aromatic heterocycles. The minimum absolute atomic E-state index is 0.0599. The van der Waals surface area contributed by atoms with Crippen LogP contribution in [0.25, 0.3) is 0 Å². The van der Waals surface area contributed by atoms with Crippen LogP contribution in [-0.4, -0.2) is 67.0 Å². The monoisotopic (exact) mass is 441 g/mol. The van der Waals surface area contributed by atoms with Gasteiger partial charge in [0, 0.05) is 48.8 Å². The molecule has 0 aliphatic carbocycles. The van der Waals surface area contributed by atoms with Crippen LogP contribution in [-0.2, 0) is 11.3 Å². The highest BCUT2D eigenvalue weighted by molar-refractivity contribution is 9.10. The van der Waals surface area contributed by atoms with Crippen molar-refractivity contribution in [1.82, 2.24) is 20.4 Å². The largest absolute Gasteiger partial charge is 0.357 e. The van der Waals surface area contributed by atoms with E-state index in [1.807, 2.05) is 26.8 Å². The fourth-order valence-corrected chi connectivity index (χ4v) is 3.26. The molecular formula is C19H29BrFN5O. The van der Waals surface area contributed by atoms with Crippen molar-refractivity contribution in [1.29, 1.82) is 0 Å². The average molecular weight is 442 g/mol. The number of aliphatic imine (C=N–C) groups is 1. The molecule has 0 bridgehead atoms. The lowest BCUT2D eigenvalue weighted by Crippen LogP contribution is -2.54. The van der Waals surface area contributed by atoms with Crippen molar-refractivity contribution in [3.63, 3.8) is 0 Å². The van der Waals surface area contributed by atoms with Gasteiger partial charge in [0.05, 0.1) is 13.1 Å². The van der Waals surface area contributed by atoms with E-state index in [1.165, 1.54) is 6.07 Å². The maximum absolute atomic E-state index is 14.0. The summed E-state index contributed by atoms with van der Waals surface area (Å²) < 4.78 is 14.7. The number of guanidine groups is 1. The Morgan fingerprint density at radius 1 is 1.30 bits per heavy atom. The number of carbonyl (C=O) groups is 1. The molecule has 0 atom stereocenters. The van der Waals surface area contributed by atoms with Crippen molar-refractivity contribution in [3.05, 3.63) is 34.1 Å². The number of carbonyl (C=O) groups excluding carboxylic acids is 1. The Kier molecular flexibility index (Phi) is 8.50. The first kappa shape index (κ1) is 21.6. The van der Waals surface area contributed by atoms with E-state index in [2.05, 4.69) is 41.4 Å². The summed E-state index contributed by atoms with van der Waals surface area (Å²) in [6, 6.07) is 5.18. The number of nitrogens with zero attached hydrogens (tertiary/aromatic N) is 3. The van der Waals surface area contributed by atoms with Crippen LogP contribution < -0.4 is 10.6 Å². The van der Waals surface area contributed by atoms with Crippen LogP contribution in [0.15, 0.2) is 27.7 Å². The van der Waals surface area contributed by atoms with Crippen molar-refractivity contribution in [2.24, 2.45) is 4.99 Å². The van der Waals surface area contributed by atoms with Crippen LogP contribution in [0.1, 0.15) is 26.3 Å². The zero-order valence-corrected chi connectivity index (χ0v) is 17.9. The van der Waals surface area contributed by atoms with Gasteiger partial charge in [-0.05, 0) is 32.9 Å². The molecule has 8 heteroatoms. The van der Waals surface area contributed by atoms with Crippen LogP contribution in [0.5, 0.6) is 0 Å². The van der Waals surface area contributed by atoms with Crippen LogP contribution >= 0.6 is 15.9 Å². The van der Waals surface area contributed by atoms with Gasteiger partial charge in [-0.3, -0.25) is 9.69 Å². The summed E-state index contributed by atoms with van der Waals surface area (Å²) in [7, 11) is 0. The van der Waals surface area contributed by atoms with Gasteiger partial charge in [-0.2, -0.15) is 0 Å². The average Bonchev–Trinajstić information content (AvgIpc) is 2.60. The molecule has 0 unspecified atom stereocenters. The summed E-state index contributed by atoms with van der Waals surface area (Å²) in [4.78, 5) is 20.8. The number of halogens is 2. The maximum Gasteiger partial charge on any atom is 0.234 e. The van der Waals surface area contributed by atoms with Crippen molar-refractivity contribution in [2.75, 3.05) is 39.3 Å². The molecule has 1 heterocycles. The summed E-state index contributed by atoms with van der Waals surface area (Å²) >= 11 is 3.27. The molecule has 6 nitrogen and oxygen atoms in total. The molecule has 1 amide bonds. The summed E-state index contributed by atoms with van der Waals surface area (Å²) in [5.41, 5.74) is 0.567. The van der Waals surface area contributed by atoms with E-state index in [0.29, 0.717) is 18.7 Å². The Morgan fingerprint density at radius 2 is 2.00 bits per heavy atom. The van der Waals surface area contributed by atoms with Crippen LogP contribution in [0.4, 0.5) is 4.39 Å². The van der Waals surface area contributed by atoms with E-state index in [4.69, 9.17) is 0 Å². The van der Waals surface area contributed by atoms with Crippen LogP contribution in [0.2, 0.25) is 0 Å². The van der Waals surface area contributed by atoms with Gasteiger partial charge in [0.1, 0.15) is 5.82 Å². The smallest absolute Gasteiger partial charge is 0.234 e. The molecular weight excluding hydrogens is 413 g/mol. The van der Waals surface area contributed by atoms with Crippen molar-refractivity contribution < 1.29 is 9.18 Å². The van der Waals surface area contributed by atoms with Gasteiger partial charge in [-0.25, -0.2) is 9.38 Å². The second-order valence-electron chi connectivity index (χ2n) is 6.89. The quantitative estimate of drug-likeness (QED) is 0.524. The zero-order chi connectivity index (χ0) is 19.8. The van der Waals surface area contributed by atoms with Crippen molar-refractivity contribution in [3.8, 4) is 0 Å². The SMILES string of the molecule is CCNC(=NCc1ccc(Br)cc1F)N1CCN(CC(=O)NC(C)C)CC1. The normalized spacial score (nSPS) is 15.9. The minimum Gasteiger partial charge on any atom is -0.357 e. The second-order valence-corrected chi connectivity index (χ2v) is 7.81. The molecule has 1 aromatic carbocycles. The first-order valence-electron chi connectivity index (χ1n) is 9.38. The molecule has 2 N–H and O–H groups in total. The molecule has 27 heavy (non-hydrogen) atoms. The Bertz CT molecular complexity index is 660. The standard InChI is InChI=1S/C19H29BrFN5O/c1-4-22-19(23-12-15-5-6-16(20)11-17(15)21)26-9-7-25(8-10-26)13-18(27)24-14(2)3/h5-6,11,14H,4,7-10,12-13H2,1-3H3,(H,22,23)(H,24,27). The number of amides is 1. The highest BCUT2D eigenvalue weighted by atomic mass is 79.9. The van der Waals surface area contributed by atoms with E-state index in [1.54, 1.807) is 6.07 Å². The fraction of sp³-hybridized carbons (Fsp3) is 0.579. The summed E-state index contributed by atoms with van der Waals surface area (Å²) in [5.74, 6) is 0.584. The van der Waals surface area contributed by atoms with Gasteiger partial charge < -0.3 is 15.5 Å². The van der Waals surface area contributed by atoms with Crippen LogP contribution in [0.3, 0.4) is 0 Å². The maximum atomic E-state index is 14.0. The predicted molar refractivity (Wildman–Crippen MR) is 110 cm³/mol. The first-order chi connectivity index (χ1) is 12.9. The Hall–Kier alpha value is -1.67. The minimum atomic E-state index is -0.259. The molecule has 1 saturated heterocycles. The molecule has 0 radical (unpaired) electrons. The fourth-order valence-electron chi connectivity index (χ4n) is 2.92. The number of rotatable bonds is 6. The van der Waals surface area contributed by atoms with Crippen molar-refractivity contribution >= 4 is 27.8 Å². The zero-order valence-electron chi connectivity index (χ0n) is 16.3. The lowest BCUT2D eigenvalue weighted by Gasteiger charge is -2.36. The van der Waals surface area contributed by atoms with Crippen LogP contribution in [0, 0.1) is 5.82 Å². The topological polar surface area (TPSA) is 60.0 Å². The van der Waals surface area contributed by atoms with E-state index in [0.717, 1.165) is 43.2 Å². The van der Waals surface area contributed by atoms with Crippen molar-refractivity contribution in [2.45, 2.75) is 33.4 Å². The van der Waals surface area contributed by atoms with Gasteiger partial charge in [0.2, 0.25) is 5.91 Å². The highest BCUT2D eigenvalue weighted by Crippen LogP contribution is 2.16. The Morgan fingerprint density at radius 3 is 2.59 bits per heavy atom. The second kappa shape index (κ2) is 10.6. The molecule has 150 valence electrons. The van der Waals surface area contributed by atoms with E-state index in [-0.39, 0.29) is 17.8 Å². The van der Waals surface area contributed by atoms with E-state index < -0.39 is 0 Å². The summed E-state index contributed by atoms with van der Waals surface area (Å²) in [6.07, 6.45) is 0. The Labute approximate surface area is 169 Å². The van der Waals surface area contributed by atoms with E-state index >= 15 is 0 Å². The molecule has 1 aromatic rings. The van der Waals surface area contributed by atoms with Gasteiger partial charge in [0.25, 0.3) is 0 Å². The summed E-state index contributed by atoms with van der Waals surface area (Å²) in [5, 5.41) is 6.20. The van der Waals surface area contributed by atoms with Gasteiger partial charge in [-0.1, -0.05) is 22.0 Å². The van der Waals surface area contributed by atoms with E-state index in [9.17, 15) is 9.18 Å². The third-order valence-corrected chi connectivity index (χ3v) is 4.73. The van der Waals surface area contributed by atoms with Gasteiger partial charge in [0.15, 0.2) is 5.96 Å². The number of piperazine rings is 1. The number of hydrogen-bond donors (Lipinski definition) is 2. The number of benzene rings is 1. The predicted octanol–water partition coefficient (Wildman–Crippen LogP) is 2.20. The first-order valence-corrected chi connectivity index (χ1v) is 10.2. The number of nitrogens with one attached hydrogen (secondary N) is 2. The molecule has 2 rings (SSSR count). The molecule has 1 fully saturated rings. The molecule has 0 spiro atoms. The molecule has 1 aliphatic rings. The molecule has 1 aliphatic heterocycles. The summed E-state index contributed by atoms with van der Waals surface area (Å²) in [6.45, 7) is 10.5. The lowest BCUT2D eigenvalue weighted by molar-refractivity contribution is -0.123. The van der Waals surface area contributed by atoms with Gasteiger partial charge >= 0.3 is 0 Å². The third-order valence-electron chi connectivity index (χ3n) is 4.24. The molecule has 0 saturated carbocycles. The third kappa shape index (κ3) is 7.10. The van der Waals surface area contributed by atoms with Gasteiger partial charge in [-0.15, -0.1) is 0 Å². The lowest BCUT2D eigenvalue weighted by atomic mass is 10.2. The number of hydrogen-bond acceptors (Lipinski definition) is 3. The Balaban J connectivity index is 1.92.